The van der Waals surface area contributed by atoms with E-state index in [1.54, 1.807) is 6.07 Å². The Morgan fingerprint density at radius 1 is 0.681 bits per heavy atom. The van der Waals surface area contributed by atoms with Gasteiger partial charge in [0.05, 0.1) is 17.5 Å². The molecule has 0 spiro atoms. The quantitative estimate of drug-likeness (QED) is 0.0775. The molecule has 0 radical (unpaired) electrons. The lowest BCUT2D eigenvalue weighted by atomic mass is 9.91. The van der Waals surface area contributed by atoms with Crippen LogP contribution >= 0.6 is 11.6 Å². The van der Waals surface area contributed by atoms with E-state index in [0.29, 0.717) is 35.9 Å². The van der Waals surface area contributed by atoms with Crippen LogP contribution in [0, 0.1) is 5.82 Å². The molecule has 0 aliphatic heterocycles. The molecule has 2 nitrogen and oxygen atoms in total. The summed E-state index contributed by atoms with van der Waals surface area (Å²) in [5.74, 6) is -35.4. The van der Waals surface area contributed by atoms with Crippen LogP contribution in [0.3, 0.4) is 0 Å². The van der Waals surface area contributed by atoms with Crippen LogP contribution in [0.4, 0.5) is 61.5 Å². The van der Waals surface area contributed by atoms with E-state index in [-0.39, 0.29) is 18.7 Å². The van der Waals surface area contributed by atoms with Gasteiger partial charge in [-0.1, -0.05) is 56.2 Å². The van der Waals surface area contributed by atoms with E-state index in [9.17, 15) is 61.5 Å². The Bertz CT molecular complexity index is 1300. The first-order chi connectivity index (χ1) is 21.6. The number of benzene rings is 1. The lowest BCUT2D eigenvalue weighted by molar-refractivity contribution is -0.695. The van der Waals surface area contributed by atoms with Crippen LogP contribution in [-0.2, 0) is 13.1 Å². The molecule has 3 rings (SSSR count). The molecule has 2 aromatic rings. The van der Waals surface area contributed by atoms with Crippen molar-refractivity contribution in [3.8, 4) is 0 Å². The minimum atomic E-state index is -7.85. The average Bonchev–Trinajstić information content (AvgIpc) is 3.72. The molecule has 47 heavy (non-hydrogen) atoms. The number of aromatic nitrogens is 2. The van der Waals surface area contributed by atoms with E-state index < -0.39 is 48.6 Å². The highest BCUT2D eigenvalue weighted by atomic mass is 35.5. The molecular formula is C30H34ClF14N2+. The van der Waals surface area contributed by atoms with Gasteiger partial charge in [0.2, 0.25) is 0 Å². The van der Waals surface area contributed by atoms with Crippen molar-refractivity contribution in [3.05, 3.63) is 52.8 Å². The maximum Gasteiger partial charge on any atom is 0.460 e. The summed E-state index contributed by atoms with van der Waals surface area (Å²) in [4.78, 5) is 0. The van der Waals surface area contributed by atoms with Gasteiger partial charge in [-0.05, 0) is 44.2 Å². The largest absolute Gasteiger partial charge is 0.460 e. The molecule has 1 heterocycles. The first-order valence-corrected chi connectivity index (χ1v) is 15.4. The molecule has 0 amide bonds. The summed E-state index contributed by atoms with van der Waals surface area (Å²) in [6.45, 7) is 1.02. The van der Waals surface area contributed by atoms with Crippen molar-refractivity contribution in [2.75, 3.05) is 0 Å². The second-order valence-corrected chi connectivity index (χ2v) is 12.3. The molecule has 1 aromatic heterocycles. The van der Waals surface area contributed by atoms with E-state index in [4.69, 9.17) is 11.6 Å². The van der Waals surface area contributed by atoms with Gasteiger partial charge in [0.15, 0.2) is 0 Å². The Balaban J connectivity index is 1.37. The van der Waals surface area contributed by atoms with Crippen molar-refractivity contribution in [2.24, 2.45) is 0 Å². The number of hydrogen-bond acceptors (Lipinski definition) is 0. The summed E-state index contributed by atoms with van der Waals surface area (Å²) in [6.07, 6.45) is -0.311. The summed E-state index contributed by atoms with van der Waals surface area (Å²) in [7, 11) is 0. The van der Waals surface area contributed by atoms with Crippen LogP contribution in [0.5, 0.6) is 0 Å². The summed E-state index contributed by atoms with van der Waals surface area (Å²) >= 11 is 6.19. The fourth-order valence-corrected chi connectivity index (χ4v) is 5.51. The number of aryl methyl sites for hydroxylation is 1. The molecule has 1 fully saturated rings. The second kappa shape index (κ2) is 14.7. The molecule has 1 aliphatic rings. The van der Waals surface area contributed by atoms with Gasteiger partial charge in [-0.25, -0.2) is 13.5 Å². The lowest BCUT2D eigenvalue weighted by Crippen LogP contribution is -2.70. The van der Waals surface area contributed by atoms with Crippen LogP contribution in [0.2, 0.25) is 5.02 Å². The van der Waals surface area contributed by atoms with E-state index in [1.807, 2.05) is 17.0 Å². The Morgan fingerprint density at radius 2 is 1.19 bits per heavy atom. The Labute approximate surface area is 267 Å². The van der Waals surface area contributed by atoms with Gasteiger partial charge < -0.3 is 0 Å². The van der Waals surface area contributed by atoms with Crippen LogP contribution < -0.4 is 4.57 Å². The molecule has 1 aliphatic carbocycles. The van der Waals surface area contributed by atoms with Crippen LogP contribution in [0.1, 0.15) is 94.4 Å². The highest BCUT2D eigenvalue weighted by Crippen LogP contribution is 2.60. The molecule has 0 saturated heterocycles. The number of unbranched alkanes of at least 4 members (excludes halogenated alkanes) is 8. The van der Waals surface area contributed by atoms with Gasteiger partial charge in [-0.3, -0.25) is 0 Å². The maximum absolute atomic E-state index is 14.3. The van der Waals surface area contributed by atoms with Crippen molar-refractivity contribution < 1.29 is 66.0 Å². The number of alkyl halides is 13. The molecule has 0 unspecified atom stereocenters. The summed E-state index contributed by atoms with van der Waals surface area (Å²) < 4.78 is 190. The summed E-state index contributed by atoms with van der Waals surface area (Å²) in [5.41, 5.74) is 0.406. The van der Waals surface area contributed by atoms with Gasteiger partial charge in [0.1, 0.15) is 24.8 Å². The first-order valence-electron chi connectivity index (χ1n) is 15.1. The fourth-order valence-electron chi connectivity index (χ4n) is 5.29. The molecule has 1 aromatic carbocycles. The van der Waals surface area contributed by atoms with Gasteiger partial charge in [0.25, 0.3) is 5.82 Å². The molecule has 0 N–H and O–H groups in total. The van der Waals surface area contributed by atoms with Gasteiger partial charge >= 0.3 is 35.8 Å². The Morgan fingerprint density at radius 3 is 1.70 bits per heavy atom. The van der Waals surface area contributed by atoms with Crippen molar-refractivity contribution in [2.45, 2.75) is 132 Å². The zero-order valence-corrected chi connectivity index (χ0v) is 25.7. The van der Waals surface area contributed by atoms with E-state index >= 15 is 0 Å². The van der Waals surface area contributed by atoms with Crippen molar-refractivity contribution >= 4 is 11.6 Å². The predicted molar refractivity (Wildman–Crippen MR) is 144 cm³/mol. The molecule has 1 saturated carbocycles. The Kier molecular flexibility index (Phi) is 12.2. The zero-order chi connectivity index (χ0) is 35.5. The third-order valence-corrected chi connectivity index (χ3v) is 8.59. The zero-order valence-electron chi connectivity index (χ0n) is 24.9. The molecule has 268 valence electrons. The monoisotopic (exact) mass is 723 g/mol. The maximum atomic E-state index is 14.3. The van der Waals surface area contributed by atoms with Gasteiger partial charge in [-0.2, -0.15) is 57.1 Å². The van der Waals surface area contributed by atoms with Gasteiger partial charge in [-0.15, -0.1) is 0 Å². The van der Waals surface area contributed by atoms with Crippen molar-refractivity contribution in [3.63, 3.8) is 0 Å². The molecular weight excluding hydrogens is 690 g/mol. The van der Waals surface area contributed by atoms with E-state index in [0.717, 1.165) is 50.9 Å². The van der Waals surface area contributed by atoms with Crippen LogP contribution in [-0.4, -0.2) is 40.4 Å². The smallest absolute Gasteiger partial charge is 0.234 e. The van der Waals surface area contributed by atoms with Crippen LogP contribution in [0.25, 0.3) is 0 Å². The number of hydrogen-bond donors (Lipinski definition) is 0. The third kappa shape index (κ3) is 8.31. The summed E-state index contributed by atoms with van der Waals surface area (Å²) in [5, 5.41) is 0.344. The second-order valence-electron chi connectivity index (χ2n) is 11.9. The van der Waals surface area contributed by atoms with E-state index in [2.05, 4.69) is 4.57 Å². The lowest BCUT2D eigenvalue weighted by Gasteiger charge is -2.39. The normalized spacial score (nSPS) is 15.5. The highest BCUT2D eigenvalue weighted by molar-refractivity contribution is 6.31. The van der Waals surface area contributed by atoms with E-state index in [1.165, 1.54) is 12.1 Å². The predicted octanol–water partition coefficient (Wildman–Crippen LogP) is 11.1. The SMILES string of the molecule is Fc1cccc(Cl)c1C[n+]1ccn(CCCCCCCCCCCC(F)(F)C(F)(F)C(F)(F)C(F)(F)C(F)(F)C(F)(F)F)c1C1CC1. The standard InChI is InChI=1S/C30H34ClF14N2/c31-22-11-10-12-23(32)21(22)19-47-18-17-46(24(47)20-13-14-20)16-9-7-5-3-1-2-4-6-8-15-25(33,34)26(35,36)27(37,38)28(39,40)29(41,42)30(43,44)45/h10-12,17-18,20H,1-9,13-16,19H2/q+1. The molecule has 17 heteroatoms. The average molecular weight is 724 g/mol. The highest BCUT2D eigenvalue weighted by Gasteiger charge is 2.90. The van der Waals surface area contributed by atoms with Gasteiger partial charge in [0, 0.05) is 12.0 Å². The number of halogens is 15. The topological polar surface area (TPSA) is 8.81 Å². The number of nitrogens with zero attached hydrogens (tertiary/aromatic N) is 2. The minimum absolute atomic E-state index is 0.181. The number of rotatable bonds is 19. The minimum Gasteiger partial charge on any atom is -0.234 e. The number of imidazole rings is 1. The molecule has 0 bridgehead atoms. The van der Waals surface area contributed by atoms with Crippen molar-refractivity contribution in [1.82, 2.24) is 4.57 Å². The fraction of sp³-hybridized carbons (Fsp3) is 0.700. The van der Waals surface area contributed by atoms with Crippen molar-refractivity contribution in [1.29, 1.82) is 0 Å². The third-order valence-electron chi connectivity index (χ3n) is 8.24. The first kappa shape index (κ1) is 39.2. The van der Waals surface area contributed by atoms with Crippen LogP contribution in [0.15, 0.2) is 30.6 Å². The summed E-state index contributed by atoms with van der Waals surface area (Å²) in [6, 6.07) is 4.52. The molecule has 0 atom stereocenters. The Hall–Kier alpha value is -2.26.